The fourth-order valence-electron chi connectivity index (χ4n) is 3.64. The summed E-state index contributed by atoms with van der Waals surface area (Å²) in [6.45, 7) is 5.89. The molecule has 0 aliphatic carbocycles. The Bertz CT molecular complexity index is 1190. The van der Waals surface area contributed by atoms with Crippen LogP contribution in [0.1, 0.15) is 21.9 Å². The molecular weight excluding hydrogens is 392 g/mol. The molecule has 152 valence electrons. The van der Waals surface area contributed by atoms with Crippen LogP contribution in [-0.2, 0) is 9.84 Å². The lowest BCUT2D eigenvalue weighted by Gasteiger charge is -2.35. The standard InChI is InChI=1S/C20H22N4O4S/c1-13-10-16(14(2)28-13)20(25)24-8-6-23(7-9-24)19-17-11-15(29(3,26)27)4-5-18(17)21-12-22-19/h4-5,10-12H,6-9H2,1-3H3. The lowest BCUT2D eigenvalue weighted by Crippen LogP contribution is -2.49. The lowest BCUT2D eigenvalue weighted by atomic mass is 10.2. The van der Waals surface area contributed by atoms with Crippen LogP contribution in [0, 0.1) is 13.8 Å². The Morgan fingerprint density at radius 1 is 1.07 bits per heavy atom. The molecule has 2 aromatic heterocycles. The number of fused-ring (bicyclic) bond motifs is 1. The second-order valence-electron chi connectivity index (χ2n) is 7.25. The topological polar surface area (TPSA) is 96.6 Å². The summed E-state index contributed by atoms with van der Waals surface area (Å²) in [6, 6.07) is 6.64. The number of benzene rings is 1. The largest absolute Gasteiger partial charge is 0.466 e. The summed E-state index contributed by atoms with van der Waals surface area (Å²) < 4.78 is 29.4. The molecule has 1 aliphatic rings. The van der Waals surface area contributed by atoms with Gasteiger partial charge in [0.1, 0.15) is 23.7 Å². The summed E-state index contributed by atoms with van der Waals surface area (Å²) in [6.07, 6.45) is 2.66. The fraction of sp³-hybridized carbons (Fsp3) is 0.350. The third kappa shape index (κ3) is 3.69. The summed E-state index contributed by atoms with van der Waals surface area (Å²) in [5.41, 5.74) is 1.28. The number of carbonyl (C=O) groups excluding carboxylic acids is 1. The highest BCUT2D eigenvalue weighted by Crippen LogP contribution is 2.27. The molecule has 0 atom stereocenters. The maximum atomic E-state index is 12.8. The van der Waals surface area contributed by atoms with E-state index in [0.717, 1.165) is 5.76 Å². The molecule has 0 unspecified atom stereocenters. The maximum absolute atomic E-state index is 12.8. The molecule has 0 radical (unpaired) electrons. The van der Waals surface area contributed by atoms with E-state index in [4.69, 9.17) is 4.42 Å². The van der Waals surface area contributed by atoms with E-state index in [2.05, 4.69) is 14.9 Å². The summed E-state index contributed by atoms with van der Waals surface area (Å²) in [4.78, 5) is 25.6. The first-order valence-corrected chi connectivity index (χ1v) is 11.2. The molecule has 3 heterocycles. The van der Waals surface area contributed by atoms with E-state index >= 15 is 0 Å². The van der Waals surface area contributed by atoms with Gasteiger partial charge in [-0.1, -0.05) is 0 Å². The lowest BCUT2D eigenvalue weighted by molar-refractivity contribution is 0.0745. The van der Waals surface area contributed by atoms with Crippen LogP contribution in [0.25, 0.3) is 10.9 Å². The third-order valence-electron chi connectivity index (χ3n) is 5.15. The van der Waals surface area contributed by atoms with Crippen LogP contribution < -0.4 is 4.90 Å². The Hall–Kier alpha value is -2.94. The molecule has 4 rings (SSSR count). The minimum Gasteiger partial charge on any atom is -0.466 e. The summed E-state index contributed by atoms with van der Waals surface area (Å²) in [5.74, 6) is 2.00. The highest BCUT2D eigenvalue weighted by molar-refractivity contribution is 7.90. The zero-order valence-corrected chi connectivity index (χ0v) is 17.4. The molecule has 3 aromatic rings. The Morgan fingerprint density at radius 2 is 1.79 bits per heavy atom. The zero-order chi connectivity index (χ0) is 20.8. The van der Waals surface area contributed by atoms with Crippen molar-refractivity contribution in [1.82, 2.24) is 14.9 Å². The van der Waals surface area contributed by atoms with E-state index in [9.17, 15) is 13.2 Å². The van der Waals surface area contributed by atoms with Crippen molar-refractivity contribution in [3.05, 3.63) is 47.7 Å². The third-order valence-corrected chi connectivity index (χ3v) is 6.26. The number of sulfone groups is 1. The van der Waals surface area contributed by atoms with Crippen LogP contribution in [-0.4, -0.2) is 61.6 Å². The van der Waals surface area contributed by atoms with E-state index in [-0.39, 0.29) is 10.8 Å². The number of aromatic nitrogens is 2. The first kappa shape index (κ1) is 19.4. The number of aryl methyl sites for hydroxylation is 2. The number of hydrogen-bond donors (Lipinski definition) is 0. The Kier molecular flexibility index (Phi) is 4.77. The van der Waals surface area contributed by atoms with Gasteiger partial charge in [0, 0.05) is 37.8 Å². The average molecular weight is 414 g/mol. The van der Waals surface area contributed by atoms with E-state index < -0.39 is 9.84 Å². The molecule has 8 nitrogen and oxygen atoms in total. The van der Waals surface area contributed by atoms with Gasteiger partial charge in [0.2, 0.25) is 0 Å². The highest BCUT2D eigenvalue weighted by Gasteiger charge is 2.26. The van der Waals surface area contributed by atoms with Crippen molar-refractivity contribution in [3.63, 3.8) is 0 Å². The first-order valence-electron chi connectivity index (χ1n) is 9.30. The predicted molar refractivity (Wildman–Crippen MR) is 109 cm³/mol. The summed E-state index contributed by atoms with van der Waals surface area (Å²) in [5, 5.41) is 0.691. The first-order chi connectivity index (χ1) is 13.7. The number of amides is 1. The van der Waals surface area contributed by atoms with Gasteiger partial charge in [-0.3, -0.25) is 4.79 Å². The normalized spacial score (nSPS) is 15.1. The molecule has 9 heteroatoms. The quantitative estimate of drug-likeness (QED) is 0.648. The smallest absolute Gasteiger partial charge is 0.257 e. The molecule has 29 heavy (non-hydrogen) atoms. The predicted octanol–water partition coefficient (Wildman–Crippen LogP) is 2.21. The molecule has 1 aromatic carbocycles. The number of nitrogens with zero attached hydrogens (tertiary/aromatic N) is 4. The Morgan fingerprint density at radius 3 is 2.41 bits per heavy atom. The Balaban J connectivity index is 1.58. The number of furan rings is 1. The van der Waals surface area contributed by atoms with Gasteiger partial charge in [0.25, 0.3) is 5.91 Å². The van der Waals surface area contributed by atoms with E-state index in [0.29, 0.717) is 54.2 Å². The van der Waals surface area contributed by atoms with Gasteiger partial charge < -0.3 is 14.2 Å². The maximum Gasteiger partial charge on any atom is 0.257 e. The highest BCUT2D eigenvalue weighted by atomic mass is 32.2. The molecular formula is C20H22N4O4S. The summed E-state index contributed by atoms with van der Waals surface area (Å²) >= 11 is 0. The van der Waals surface area contributed by atoms with Gasteiger partial charge in [-0.05, 0) is 38.1 Å². The van der Waals surface area contributed by atoms with Gasteiger partial charge in [-0.15, -0.1) is 0 Å². The SMILES string of the molecule is Cc1cc(C(=O)N2CCN(c3ncnc4ccc(S(C)(=O)=O)cc34)CC2)c(C)o1. The van der Waals surface area contributed by atoms with Gasteiger partial charge in [-0.25, -0.2) is 18.4 Å². The second kappa shape index (κ2) is 7.14. The minimum absolute atomic E-state index is 0.0362. The van der Waals surface area contributed by atoms with Crippen molar-refractivity contribution >= 4 is 32.5 Å². The van der Waals surface area contributed by atoms with Crippen molar-refractivity contribution in [2.24, 2.45) is 0 Å². The number of piperazine rings is 1. The van der Waals surface area contributed by atoms with Crippen molar-refractivity contribution in [1.29, 1.82) is 0 Å². The number of carbonyl (C=O) groups is 1. The summed E-state index contributed by atoms with van der Waals surface area (Å²) in [7, 11) is -3.33. The Labute approximate surface area is 169 Å². The van der Waals surface area contributed by atoms with Crippen LogP contribution in [0.5, 0.6) is 0 Å². The van der Waals surface area contributed by atoms with Crippen LogP contribution in [0.3, 0.4) is 0 Å². The molecule has 0 bridgehead atoms. The second-order valence-corrected chi connectivity index (χ2v) is 9.27. The van der Waals surface area contributed by atoms with Crippen molar-refractivity contribution in [2.45, 2.75) is 18.7 Å². The number of anilines is 1. The van der Waals surface area contributed by atoms with Crippen LogP contribution in [0.2, 0.25) is 0 Å². The monoisotopic (exact) mass is 414 g/mol. The van der Waals surface area contributed by atoms with Gasteiger partial charge in [0.15, 0.2) is 9.84 Å². The molecule has 1 amide bonds. The zero-order valence-electron chi connectivity index (χ0n) is 16.5. The van der Waals surface area contributed by atoms with Crippen LogP contribution >= 0.6 is 0 Å². The molecule has 0 spiro atoms. The molecule has 0 N–H and O–H groups in total. The van der Waals surface area contributed by atoms with E-state index in [1.54, 1.807) is 36.1 Å². The van der Waals surface area contributed by atoms with Gasteiger partial charge in [-0.2, -0.15) is 0 Å². The number of hydrogen-bond acceptors (Lipinski definition) is 7. The molecule has 0 saturated carbocycles. The van der Waals surface area contributed by atoms with Crippen molar-refractivity contribution in [3.8, 4) is 0 Å². The van der Waals surface area contributed by atoms with Gasteiger partial charge in [0.05, 0.1) is 16.0 Å². The van der Waals surface area contributed by atoms with E-state index in [1.807, 2.05) is 6.92 Å². The van der Waals surface area contributed by atoms with Crippen molar-refractivity contribution in [2.75, 3.05) is 37.3 Å². The van der Waals surface area contributed by atoms with Crippen molar-refractivity contribution < 1.29 is 17.6 Å². The average Bonchev–Trinajstić information content (AvgIpc) is 3.04. The van der Waals surface area contributed by atoms with E-state index in [1.165, 1.54) is 12.6 Å². The number of rotatable bonds is 3. The molecule has 1 saturated heterocycles. The minimum atomic E-state index is -3.33. The molecule has 1 fully saturated rings. The van der Waals surface area contributed by atoms with Crippen LogP contribution in [0.4, 0.5) is 5.82 Å². The van der Waals surface area contributed by atoms with Gasteiger partial charge >= 0.3 is 0 Å². The molecule has 1 aliphatic heterocycles. The van der Waals surface area contributed by atoms with Crippen LogP contribution in [0.15, 0.2) is 39.9 Å². The fourth-order valence-corrected chi connectivity index (χ4v) is 4.29.